The molecule has 1 N–H and O–H groups in total. The Morgan fingerprint density at radius 3 is 2.76 bits per heavy atom. The van der Waals surface area contributed by atoms with E-state index in [4.69, 9.17) is 0 Å². The van der Waals surface area contributed by atoms with Gasteiger partial charge in [-0.1, -0.05) is 13.0 Å². The molecule has 0 aliphatic heterocycles. The highest BCUT2D eigenvalue weighted by Crippen LogP contribution is 2.25. The zero-order chi connectivity index (χ0) is 15.2. The Kier molecular flexibility index (Phi) is 6.22. The highest BCUT2D eigenvalue weighted by molar-refractivity contribution is 14.1. The number of nitrogens with zero attached hydrogens (tertiary/aromatic N) is 2. The van der Waals surface area contributed by atoms with E-state index in [9.17, 15) is 4.39 Å². The van der Waals surface area contributed by atoms with Crippen molar-refractivity contribution in [1.82, 2.24) is 9.97 Å². The van der Waals surface area contributed by atoms with E-state index in [0.717, 1.165) is 38.8 Å². The average molecular weight is 417 g/mol. The fourth-order valence-corrected chi connectivity index (χ4v) is 3.44. The molecule has 1 aromatic heterocycles. The van der Waals surface area contributed by atoms with Gasteiger partial charge in [-0.15, -0.1) is 11.8 Å². The minimum Gasteiger partial charge on any atom is -0.369 e. The Bertz CT molecular complexity index is 622. The summed E-state index contributed by atoms with van der Waals surface area (Å²) in [6, 6.07) is 6.59. The van der Waals surface area contributed by atoms with Gasteiger partial charge >= 0.3 is 0 Å². The van der Waals surface area contributed by atoms with E-state index in [1.807, 2.05) is 13.0 Å². The minimum atomic E-state index is -0.217. The van der Waals surface area contributed by atoms with Crippen LogP contribution in [0.4, 0.5) is 10.2 Å². The molecular formula is C15H17FIN3S. The topological polar surface area (TPSA) is 37.8 Å². The Balaban J connectivity index is 2.17. The number of nitrogens with one attached hydrogen (secondary N) is 1. The van der Waals surface area contributed by atoms with E-state index in [1.54, 1.807) is 17.8 Å². The van der Waals surface area contributed by atoms with E-state index in [-0.39, 0.29) is 5.82 Å². The summed E-state index contributed by atoms with van der Waals surface area (Å²) in [6.45, 7) is 4.96. The van der Waals surface area contributed by atoms with Crippen LogP contribution < -0.4 is 5.32 Å². The molecule has 0 spiro atoms. The SMILES string of the molecule is CCNc1nc(CSc2cccc(F)c2)nc(CC)c1I. The molecule has 0 unspecified atom stereocenters. The van der Waals surface area contributed by atoms with Gasteiger partial charge in [-0.25, -0.2) is 14.4 Å². The number of anilines is 1. The second-order valence-corrected chi connectivity index (χ2v) is 6.51. The standard InChI is InChI=1S/C15H17FIN3S/c1-3-12-14(17)15(18-4-2)20-13(19-12)9-21-11-7-5-6-10(16)8-11/h5-8H,3-4,9H2,1-2H3,(H,18,19,20). The summed E-state index contributed by atoms with van der Waals surface area (Å²) in [5.41, 5.74) is 1.05. The molecule has 0 aliphatic rings. The molecule has 0 fully saturated rings. The zero-order valence-electron chi connectivity index (χ0n) is 12.0. The van der Waals surface area contributed by atoms with Crippen LogP contribution in [0.2, 0.25) is 0 Å². The summed E-state index contributed by atoms with van der Waals surface area (Å²) in [7, 11) is 0. The summed E-state index contributed by atoms with van der Waals surface area (Å²) in [5.74, 6) is 2.08. The molecule has 1 aromatic carbocycles. The lowest BCUT2D eigenvalue weighted by molar-refractivity contribution is 0.624. The third-order valence-electron chi connectivity index (χ3n) is 2.81. The van der Waals surface area contributed by atoms with Gasteiger partial charge in [0.1, 0.15) is 17.5 Å². The fraction of sp³-hybridized carbons (Fsp3) is 0.333. The van der Waals surface area contributed by atoms with Crippen LogP contribution >= 0.6 is 34.4 Å². The lowest BCUT2D eigenvalue weighted by atomic mass is 10.3. The third kappa shape index (κ3) is 4.54. The predicted octanol–water partition coefficient (Wildman–Crippen LogP) is 4.51. The third-order valence-corrected chi connectivity index (χ3v) is 4.93. The van der Waals surface area contributed by atoms with Crippen molar-refractivity contribution in [2.24, 2.45) is 0 Å². The molecule has 3 nitrogen and oxygen atoms in total. The van der Waals surface area contributed by atoms with Crippen LogP contribution in [0, 0.1) is 9.39 Å². The van der Waals surface area contributed by atoms with Crippen molar-refractivity contribution in [3.05, 3.63) is 45.2 Å². The first-order chi connectivity index (χ1) is 10.1. The molecule has 0 saturated heterocycles. The highest BCUT2D eigenvalue weighted by Gasteiger charge is 2.11. The van der Waals surface area contributed by atoms with E-state index in [2.05, 4.69) is 44.8 Å². The first kappa shape index (κ1) is 16.5. The number of halogens is 2. The number of aryl methyl sites for hydroxylation is 1. The maximum atomic E-state index is 13.2. The van der Waals surface area contributed by atoms with Crippen LogP contribution in [0.25, 0.3) is 0 Å². The molecular weight excluding hydrogens is 400 g/mol. The maximum Gasteiger partial charge on any atom is 0.143 e. The van der Waals surface area contributed by atoms with Gasteiger partial charge < -0.3 is 5.32 Å². The molecule has 2 aromatic rings. The quantitative estimate of drug-likeness (QED) is 0.555. The number of hydrogen-bond acceptors (Lipinski definition) is 4. The van der Waals surface area contributed by atoms with Gasteiger partial charge in [0.25, 0.3) is 0 Å². The van der Waals surface area contributed by atoms with E-state index in [0.29, 0.717) is 5.75 Å². The van der Waals surface area contributed by atoms with Crippen LogP contribution in [0.3, 0.4) is 0 Å². The van der Waals surface area contributed by atoms with Crippen molar-refractivity contribution >= 4 is 40.2 Å². The Morgan fingerprint density at radius 1 is 1.29 bits per heavy atom. The number of aromatic nitrogens is 2. The molecule has 1 heterocycles. The van der Waals surface area contributed by atoms with Gasteiger partial charge in [0.2, 0.25) is 0 Å². The molecule has 0 saturated carbocycles. The molecule has 2 rings (SSSR count). The normalized spacial score (nSPS) is 10.7. The lowest BCUT2D eigenvalue weighted by Gasteiger charge is -2.11. The summed E-state index contributed by atoms with van der Waals surface area (Å²) < 4.78 is 14.3. The monoisotopic (exact) mass is 417 g/mol. The zero-order valence-corrected chi connectivity index (χ0v) is 15.0. The van der Waals surface area contributed by atoms with Crippen LogP contribution in [-0.2, 0) is 12.2 Å². The van der Waals surface area contributed by atoms with E-state index in [1.165, 1.54) is 12.1 Å². The van der Waals surface area contributed by atoms with Crippen molar-refractivity contribution in [3.63, 3.8) is 0 Å². The van der Waals surface area contributed by atoms with E-state index >= 15 is 0 Å². The largest absolute Gasteiger partial charge is 0.369 e. The van der Waals surface area contributed by atoms with Crippen molar-refractivity contribution in [2.75, 3.05) is 11.9 Å². The van der Waals surface area contributed by atoms with Crippen molar-refractivity contribution < 1.29 is 4.39 Å². The Hall–Kier alpha value is -0.890. The number of rotatable bonds is 6. The van der Waals surface area contributed by atoms with Gasteiger partial charge in [-0.3, -0.25) is 0 Å². The molecule has 112 valence electrons. The van der Waals surface area contributed by atoms with Gasteiger partial charge in [0, 0.05) is 11.4 Å². The smallest absolute Gasteiger partial charge is 0.143 e. The van der Waals surface area contributed by atoms with Gasteiger partial charge in [0.15, 0.2) is 0 Å². The molecule has 0 amide bonds. The average Bonchev–Trinajstić information content (AvgIpc) is 2.48. The summed E-state index contributed by atoms with van der Waals surface area (Å²) in [6.07, 6.45) is 0.872. The Morgan fingerprint density at radius 2 is 2.10 bits per heavy atom. The molecule has 21 heavy (non-hydrogen) atoms. The summed E-state index contributed by atoms with van der Waals surface area (Å²) >= 11 is 3.83. The van der Waals surface area contributed by atoms with Crippen LogP contribution in [0.1, 0.15) is 25.4 Å². The number of thioether (sulfide) groups is 1. The second-order valence-electron chi connectivity index (χ2n) is 4.38. The summed E-state index contributed by atoms with van der Waals surface area (Å²) in [5, 5.41) is 3.27. The maximum absolute atomic E-state index is 13.2. The molecule has 0 aliphatic carbocycles. The van der Waals surface area contributed by atoms with E-state index < -0.39 is 0 Å². The minimum absolute atomic E-state index is 0.217. The van der Waals surface area contributed by atoms with Gasteiger partial charge in [-0.05, 0) is 54.1 Å². The van der Waals surface area contributed by atoms with Gasteiger partial charge in [0.05, 0.1) is 15.0 Å². The summed E-state index contributed by atoms with van der Waals surface area (Å²) in [4.78, 5) is 10.1. The highest BCUT2D eigenvalue weighted by atomic mass is 127. The van der Waals surface area contributed by atoms with Crippen LogP contribution in [-0.4, -0.2) is 16.5 Å². The van der Waals surface area contributed by atoms with Crippen molar-refractivity contribution in [2.45, 2.75) is 30.9 Å². The predicted molar refractivity (Wildman–Crippen MR) is 94.3 cm³/mol. The van der Waals surface area contributed by atoms with Crippen molar-refractivity contribution in [3.8, 4) is 0 Å². The number of benzene rings is 1. The Labute approximate surface area is 142 Å². The molecule has 0 radical (unpaired) electrons. The number of hydrogen-bond donors (Lipinski definition) is 1. The second kappa shape index (κ2) is 7.93. The first-order valence-corrected chi connectivity index (χ1v) is 8.88. The molecule has 6 heteroatoms. The first-order valence-electron chi connectivity index (χ1n) is 6.81. The van der Waals surface area contributed by atoms with Gasteiger partial charge in [-0.2, -0.15) is 0 Å². The lowest BCUT2D eigenvalue weighted by Crippen LogP contribution is -2.09. The fourth-order valence-electron chi connectivity index (χ4n) is 1.83. The molecule has 0 bridgehead atoms. The van der Waals surface area contributed by atoms with Crippen LogP contribution in [0.15, 0.2) is 29.2 Å². The van der Waals surface area contributed by atoms with Crippen molar-refractivity contribution in [1.29, 1.82) is 0 Å². The molecule has 0 atom stereocenters. The van der Waals surface area contributed by atoms with Crippen LogP contribution in [0.5, 0.6) is 0 Å².